The zero-order valence-electron chi connectivity index (χ0n) is 17.9. The van der Waals surface area contributed by atoms with Crippen LogP contribution in [0.25, 0.3) is 0 Å². The zero-order chi connectivity index (χ0) is 24.0. The number of benzene rings is 3. The van der Waals surface area contributed by atoms with Gasteiger partial charge in [0.05, 0.1) is 34.0 Å². The molecule has 0 saturated heterocycles. The highest BCUT2D eigenvalue weighted by Crippen LogP contribution is 2.21. The van der Waals surface area contributed by atoms with Crippen LogP contribution < -0.4 is 15.8 Å². The van der Waals surface area contributed by atoms with Crippen molar-refractivity contribution in [1.29, 1.82) is 0 Å². The number of sulfonamides is 1. The van der Waals surface area contributed by atoms with Crippen LogP contribution in [0.4, 0.5) is 0 Å². The number of carbonyl (C=O) groups is 2. The summed E-state index contributed by atoms with van der Waals surface area (Å²) >= 11 is 6.14. The van der Waals surface area contributed by atoms with Crippen LogP contribution in [0.3, 0.4) is 0 Å². The van der Waals surface area contributed by atoms with Crippen molar-refractivity contribution < 1.29 is 18.0 Å². The van der Waals surface area contributed by atoms with Gasteiger partial charge in [-0.1, -0.05) is 66.2 Å². The first-order chi connectivity index (χ1) is 15.6. The van der Waals surface area contributed by atoms with Crippen molar-refractivity contribution in [3.63, 3.8) is 0 Å². The molecule has 0 bridgehead atoms. The lowest BCUT2D eigenvalue weighted by Gasteiger charge is -2.21. The van der Waals surface area contributed by atoms with Crippen LogP contribution in [0.1, 0.15) is 46.9 Å². The van der Waals surface area contributed by atoms with E-state index in [4.69, 9.17) is 16.7 Å². The third kappa shape index (κ3) is 6.64. The molecule has 0 aromatic heterocycles. The molecule has 0 aliphatic carbocycles. The minimum Gasteiger partial charge on any atom is -0.350 e. The maximum absolute atomic E-state index is 12.8. The molecule has 7 nitrogen and oxygen atoms in total. The summed E-state index contributed by atoms with van der Waals surface area (Å²) in [6.45, 7) is 1.78. The standard InChI is InChI=1S/C24H24ClN3O4S/c1-16(17-11-13-19(14-12-17)33(26,31)32)27-23(29)15-22(18-7-3-2-4-8-18)28-24(30)20-9-5-6-10-21(20)25/h2-14,16,22H,15H2,1H3,(H,27,29)(H,28,30)(H2,26,31,32). The number of amides is 2. The van der Waals surface area contributed by atoms with Gasteiger partial charge in [-0.25, -0.2) is 13.6 Å². The topological polar surface area (TPSA) is 118 Å². The van der Waals surface area contributed by atoms with Gasteiger partial charge in [-0.2, -0.15) is 0 Å². The maximum Gasteiger partial charge on any atom is 0.253 e. The highest BCUT2D eigenvalue weighted by atomic mass is 35.5. The Bertz CT molecular complexity index is 1230. The van der Waals surface area contributed by atoms with Gasteiger partial charge in [-0.15, -0.1) is 0 Å². The van der Waals surface area contributed by atoms with Crippen LogP contribution in [0.15, 0.2) is 83.8 Å². The fourth-order valence-electron chi connectivity index (χ4n) is 3.33. The number of nitrogens with one attached hydrogen (secondary N) is 2. The van der Waals surface area contributed by atoms with Crippen LogP contribution in [0.5, 0.6) is 0 Å². The monoisotopic (exact) mass is 485 g/mol. The second kappa shape index (κ2) is 10.6. The molecular formula is C24H24ClN3O4S. The van der Waals surface area contributed by atoms with E-state index < -0.39 is 16.1 Å². The van der Waals surface area contributed by atoms with Gasteiger partial charge in [0.2, 0.25) is 15.9 Å². The second-order valence-corrected chi connectivity index (χ2v) is 9.49. The van der Waals surface area contributed by atoms with Crippen molar-refractivity contribution in [3.8, 4) is 0 Å². The molecule has 3 aromatic rings. The molecule has 2 unspecified atom stereocenters. The normalized spacial score (nSPS) is 13.1. The van der Waals surface area contributed by atoms with E-state index in [1.54, 1.807) is 43.3 Å². The Balaban J connectivity index is 1.72. The van der Waals surface area contributed by atoms with Gasteiger partial charge in [-0.3, -0.25) is 9.59 Å². The molecule has 3 rings (SSSR count). The quantitative estimate of drug-likeness (QED) is 0.450. The molecule has 0 aliphatic rings. The highest BCUT2D eigenvalue weighted by molar-refractivity contribution is 7.89. The predicted molar refractivity (Wildman–Crippen MR) is 127 cm³/mol. The molecule has 0 saturated carbocycles. The average molecular weight is 486 g/mol. The van der Waals surface area contributed by atoms with E-state index in [1.807, 2.05) is 30.3 Å². The predicted octanol–water partition coefficient (Wildman–Crippen LogP) is 3.73. The second-order valence-electron chi connectivity index (χ2n) is 7.52. The van der Waals surface area contributed by atoms with Crippen molar-refractivity contribution >= 4 is 33.4 Å². The molecule has 33 heavy (non-hydrogen) atoms. The summed E-state index contributed by atoms with van der Waals surface area (Å²) in [4.78, 5) is 25.6. The Morgan fingerprint density at radius 1 is 0.879 bits per heavy atom. The molecule has 2 amide bonds. The Hall–Kier alpha value is -3.20. The Morgan fingerprint density at radius 3 is 2.09 bits per heavy atom. The molecule has 172 valence electrons. The third-order valence-electron chi connectivity index (χ3n) is 5.10. The zero-order valence-corrected chi connectivity index (χ0v) is 19.4. The number of hydrogen-bond donors (Lipinski definition) is 3. The average Bonchev–Trinajstić information content (AvgIpc) is 2.79. The first-order valence-corrected chi connectivity index (χ1v) is 12.1. The first-order valence-electron chi connectivity index (χ1n) is 10.2. The summed E-state index contributed by atoms with van der Waals surface area (Å²) in [7, 11) is -3.79. The van der Waals surface area contributed by atoms with E-state index in [-0.39, 0.29) is 29.2 Å². The summed E-state index contributed by atoms with van der Waals surface area (Å²) in [6, 6.07) is 20.9. The van der Waals surface area contributed by atoms with Crippen molar-refractivity contribution in [2.24, 2.45) is 5.14 Å². The number of primary sulfonamides is 1. The van der Waals surface area contributed by atoms with Gasteiger partial charge in [0.15, 0.2) is 0 Å². The minimum atomic E-state index is -3.79. The van der Waals surface area contributed by atoms with Crippen molar-refractivity contribution in [2.75, 3.05) is 0 Å². The lowest BCUT2D eigenvalue weighted by Crippen LogP contribution is -2.34. The lowest BCUT2D eigenvalue weighted by molar-refractivity contribution is -0.122. The highest BCUT2D eigenvalue weighted by Gasteiger charge is 2.21. The summed E-state index contributed by atoms with van der Waals surface area (Å²) < 4.78 is 22.8. The van der Waals surface area contributed by atoms with Crippen LogP contribution >= 0.6 is 11.6 Å². The Kier molecular flexibility index (Phi) is 7.86. The largest absolute Gasteiger partial charge is 0.350 e. The molecular weight excluding hydrogens is 462 g/mol. The summed E-state index contributed by atoms with van der Waals surface area (Å²) in [5.41, 5.74) is 1.81. The molecule has 0 aliphatic heterocycles. The Labute approximate surface area is 198 Å². The molecule has 2 atom stereocenters. The fourth-order valence-corrected chi connectivity index (χ4v) is 4.07. The minimum absolute atomic E-state index is 0.000190. The molecule has 0 spiro atoms. The van der Waals surface area contributed by atoms with Crippen LogP contribution in [-0.4, -0.2) is 20.2 Å². The lowest BCUT2D eigenvalue weighted by atomic mass is 10.0. The maximum atomic E-state index is 12.8. The smallest absolute Gasteiger partial charge is 0.253 e. The van der Waals surface area contributed by atoms with E-state index in [1.165, 1.54) is 12.1 Å². The number of rotatable bonds is 8. The van der Waals surface area contributed by atoms with E-state index >= 15 is 0 Å². The third-order valence-corrected chi connectivity index (χ3v) is 6.36. The van der Waals surface area contributed by atoms with Crippen LogP contribution in [0, 0.1) is 0 Å². The molecule has 3 aromatic carbocycles. The van der Waals surface area contributed by atoms with E-state index in [9.17, 15) is 18.0 Å². The van der Waals surface area contributed by atoms with Gasteiger partial charge < -0.3 is 10.6 Å². The van der Waals surface area contributed by atoms with Crippen LogP contribution in [-0.2, 0) is 14.8 Å². The van der Waals surface area contributed by atoms with Gasteiger partial charge in [0, 0.05) is 0 Å². The van der Waals surface area contributed by atoms with E-state index in [2.05, 4.69) is 10.6 Å². The van der Waals surface area contributed by atoms with Crippen LogP contribution in [0.2, 0.25) is 5.02 Å². The summed E-state index contributed by atoms with van der Waals surface area (Å²) in [6.07, 6.45) is -0.000190. The fraction of sp³-hybridized carbons (Fsp3) is 0.167. The molecule has 4 N–H and O–H groups in total. The number of nitrogens with two attached hydrogens (primary N) is 1. The van der Waals surface area contributed by atoms with Gasteiger partial charge >= 0.3 is 0 Å². The molecule has 0 heterocycles. The molecule has 9 heteroatoms. The van der Waals surface area contributed by atoms with Crippen molar-refractivity contribution in [2.45, 2.75) is 30.3 Å². The van der Waals surface area contributed by atoms with Gasteiger partial charge in [-0.05, 0) is 42.3 Å². The first kappa shape index (κ1) is 24.4. The number of carbonyl (C=O) groups excluding carboxylic acids is 2. The number of halogens is 1. The molecule has 0 radical (unpaired) electrons. The molecule has 0 fully saturated rings. The SMILES string of the molecule is CC(NC(=O)CC(NC(=O)c1ccccc1Cl)c1ccccc1)c1ccc(S(N)(=O)=O)cc1. The summed E-state index contributed by atoms with van der Waals surface area (Å²) in [5.74, 6) is -0.666. The Morgan fingerprint density at radius 2 is 1.48 bits per heavy atom. The van der Waals surface area contributed by atoms with Crippen molar-refractivity contribution in [3.05, 3.63) is 101 Å². The summed E-state index contributed by atoms with van der Waals surface area (Å²) in [5, 5.41) is 11.2. The number of hydrogen-bond acceptors (Lipinski definition) is 4. The van der Waals surface area contributed by atoms with Gasteiger partial charge in [0.25, 0.3) is 5.91 Å². The van der Waals surface area contributed by atoms with Gasteiger partial charge in [0.1, 0.15) is 0 Å². The van der Waals surface area contributed by atoms with Crippen molar-refractivity contribution in [1.82, 2.24) is 10.6 Å². The van der Waals surface area contributed by atoms with E-state index in [0.29, 0.717) is 16.1 Å². The van der Waals surface area contributed by atoms with E-state index in [0.717, 1.165) is 5.56 Å².